The van der Waals surface area contributed by atoms with E-state index in [1.807, 2.05) is 0 Å². The number of rotatable bonds is 7. The molecule has 1 aliphatic carbocycles. The van der Waals surface area contributed by atoms with Crippen molar-refractivity contribution in [3.8, 4) is 0 Å². The van der Waals surface area contributed by atoms with Gasteiger partial charge in [0.1, 0.15) is 0 Å². The van der Waals surface area contributed by atoms with Crippen LogP contribution >= 0.6 is 0 Å². The summed E-state index contributed by atoms with van der Waals surface area (Å²) < 4.78 is 25.2. The number of hydrogen-bond donors (Lipinski definition) is 1. The highest BCUT2D eigenvalue weighted by atomic mass is 32.2. The van der Waals surface area contributed by atoms with E-state index in [0.717, 1.165) is 12.8 Å². The first-order valence-corrected chi connectivity index (χ1v) is 7.72. The van der Waals surface area contributed by atoms with E-state index >= 15 is 0 Å². The Balaban J connectivity index is 2.35. The van der Waals surface area contributed by atoms with Crippen LogP contribution in [0.25, 0.3) is 0 Å². The molecule has 1 aliphatic rings. The number of aliphatic hydroxyl groups is 1. The number of nitrogens with zero attached hydrogens (tertiary/aromatic N) is 1. The molecule has 0 aromatic heterocycles. The molecule has 96 valence electrons. The molecule has 5 heteroatoms. The van der Waals surface area contributed by atoms with Crippen LogP contribution < -0.4 is 0 Å². The van der Waals surface area contributed by atoms with Crippen molar-refractivity contribution in [1.29, 1.82) is 0 Å². The number of hydrogen-bond acceptors (Lipinski definition) is 3. The Morgan fingerprint density at radius 2 is 1.88 bits per heavy atom. The quantitative estimate of drug-likeness (QED) is 0.690. The first kappa shape index (κ1) is 13.9. The molecule has 16 heavy (non-hydrogen) atoms. The molecule has 0 amide bonds. The molecular weight excluding hydrogens is 226 g/mol. The van der Waals surface area contributed by atoms with E-state index in [2.05, 4.69) is 0 Å². The van der Waals surface area contributed by atoms with Gasteiger partial charge in [0.25, 0.3) is 0 Å². The topological polar surface area (TPSA) is 57.6 Å². The smallest absolute Gasteiger partial charge is 0.213 e. The van der Waals surface area contributed by atoms with Crippen LogP contribution in [0.4, 0.5) is 0 Å². The van der Waals surface area contributed by atoms with Crippen molar-refractivity contribution < 1.29 is 13.5 Å². The maximum absolute atomic E-state index is 11.8. The standard InChI is InChI=1S/C11H23NO3S/c1-12(10-11-6-2-3-7-11)16(14,15)9-5-4-8-13/h11,13H,2-10H2,1H3. The Morgan fingerprint density at radius 3 is 2.44 bits per heavy atom. The maximum Gasteiger partial charge on any atom is 0.213 e. The van der Waals surface area contributed by atoms with Gasteiger partial charge in [-0.15, -0.1) is 0 Å². The van der Waals surface area contributed by atoms with Crippen LogP contribution in [0.3, 0.4) is 0 Å². The fraction of sp³-hybridized carbons (Fsp3) is 1.00. The highest BCUT2D eigenvalue weighted by Crippen LogP contribution is 2.25. The lowest BCUT2D eigenvalue weighted by atomic mass is 10.1. The largest absolute Gasteiger partial charge is 0.396 e. The average Bonchev–Trinajstić information content (AvgIpc) is 2.70. The zero-order chi connectivity index (χ0) is 12.0. The molecule has 1 fully saturated rings. The fourth-order valence-electron chi connectivity index (χ4n) is 2.22. The summed E-state index contributed by atoms with van der Waals surface area (Å²) in [5.74, 6) is 0.717. The Morgan fingerprint density at radius 1 is 1.25 bits per heavy atom. The third-order valence-corrected chi connectivity index (χ3v) is 5.18. The number of sulfonamides is 1. The van der Waals surface area contributed by atoms with Gasteiger partial charge >= 0.3 is 0 Å². The van der Waals surface area contributed by atoms with E-state index in [9.17, 15) is 8.42 Å². The van der Waals surface area contributed by atoms with Gasteiger partial charge in [-0.1, -0.05) is 12.8 Å². The molecule has 0 aromatic rings. The molecule has 0 atom stereocenters. The van der Waals surface area contributed by atoms with Crippen molar-refractivity contribution in [2.24, 2.45) is 5.92 Å². The Bertz CT molecular complexity index is 284. The normalized spacial score (nSPS) is 18.4. The summed E-state index contributed by atoms with van der Waals surface area (Å²) >= 11 is 0. The summed E-state index contributed by atoms with van der Waals surface area (Å²) in [6.45, 7) is 0.739. The van der Waals surface area contributed by atoms with Crippen LogP contribution in [0.2, 0.25) is 0 Å². The Kier molecular flexibility index (Phi) is 5.72. The first-order chi connectivity index (χ1) is 7.56. The SMILES string of the molecule is CN(CC1CCCC1)S(=O)(=O)CCCCO. The average molecular weight is 249 g/mol. The van der Waals surface area contributed by atoms with Crippen molar-refractivity contribution >= 4 is 10.0 Å². The molecule has 4 nitrogen and oxygen atoms in total. The molecule has 0 radical (unpaired) electrons. The summed E-state index contributed by atoms with van der Waals surface area (Å²) in [4.78, 5) is 0. The van der Waals surface area contributed by atoms with Crippen LogP contribution in [0, 0.1) is 5.92 Å². The molecule has 0 heterocycles. The maximum atomic E-state index is 11.8. The Hall–Kier alpha value is -0.130. The van der Waals surface area contributed by atoms with Gasteiger partial charge < -0.3 is 5.11 Å². The molecule has 0 bridgehead atoms. The van der Waals surface area contributed by atoms with Crippen LogP contribution in [-0.4, -0.2) is 43.8 Å². The lowest BCUT2D eigenvalue weighted by Gasteiger charge is -2.20. The fourth-order valence-corrected chi connectivity index (χ4v) is 3.54. The highest BCUT2D eigenvalue weighted by molar-refractivity contribution is 7.89. The van der Waals surface area contributed by atoms with E-state index < -0.39 is 10.0 Å². The molecule has 1 rings (SSSR count). The van der Waals surface area contributed by atoms with Crippen LogP contribution in [-0.2, 0) is 10.0 Å². The molecule has 0 saturated heterocycles. The van der Waals surface area contributed by atoms with Gasteiger partial charge in [-0.3, -0.25) is 0 Å². The van der Waals surface area contributed by atoms with E-state index in [1.54, 1.807) is 7.05 Å². The minimum atomic E-state index is -3.10. The first-order valence-electron chi connectivity index (χ1n) is 6.11. The van der Waals surface area contributed by atoms with Gasteiger partial charge in [-0.05, 0) is 31.6 Å². The van der Waals surface area contributed by atoms with Crippen molar-refractivity contribution in [1.82, 2.24) is 4.31 Å². The van der Waals surface area contributed by atoms with E-state index in [4.69, 9.17) is 5.11 Å². The molecule has 0 unspecified atom stereocenters. The zero-order valence-electron chi connectivity index (χ0n) is 10.1. The van der Waals surface area contributed by atoms with Gasteiger partial charge in [0, 0.05) is 20.2 Å². The molecule has 1 N–H and O–H groups in total. The van der Waals surface area contributed by atoms with Crippen molar-refractivity contribution in [3.05, 3.63) is 0 Å². The van der Waals surface area contributed by atoms with Gasteiger partial charge in [0.2, 0.25) is 10.0 Å². The second-order valence-electron chi connectivity index (χ2n) is 4.68. The number of unbranched alkanes of at least 4 members (excludes halogenated alkanes) is 1. The van der Waals surface area contributed by atoms with Crippen molar-refractivity contribution in [2.45, 2.75) is 38.5 Å². The van der Waals surface area contributed by atoms with Crippen LogP contribution in [0.5, 0.6) is 0 Å². The Labute approximate surface area is 98.7 Å². The molecular formula is C11H23NO3S. The molecule has 0 aliphatic heterocycles. The minimum Gasteiger partial charge on any atom is -0.396 e. The second kappa shape index (κ2) is 6.57. The minimum absolute atomic E-state index is 0.0713. The summed E-state index contributed by atoms with van der Waals surface area (Å²) in [5.41, 5.74) is 0. The van der Waals surface area contributed by atoms with Gasteiger partial charge in [0.15, 0.2) is 0 Å². The summed E-state index contributed by atoms with van der Waals surface area (Å²) in [6.07, 6.45) is 5.92. The third-order valence-electron chi connectivity index (χ3n) is 3.28. The predicted molar refractivity (Wildman–Crippen MR) is 64.7 cm³/mol. The van der Waals surface area contributed by atoms with Crippen LogP contribution in [0.15, 0.2) is 0 Å². The monoisotopic (exact) mass is 249 g/mol. The second-order valence-corrected chi connectivity index (χ2v) is 6.87. The lowest BCUT2D eigenvalue weighted by molar-refractivity contribution is 0.286. The molecule has 0 aromatic carbocycles. The van der Waals surface area contributed by atoms with Gasteiger partial charge in [-0.2, -0.15) is 0 Å². The van der Waals surface area contributed by atoms with Gasteiger partial charge in [-0.25, -0.2) is 12.7 Å². The molecule has 0 spiro atoms. The van der Waals surface area contributed by atoms with Gasteiger partial charge in [0.05, 0.1) is 5.75 Å². The van der Waals surface area contributed by atoms with Crippen molar-refractivity contribution in [3.63, 3.8) is 0 Å². The highest BCUT2D eigenvalue weighted by Gasteiger charge is 2.23. The predicted octanol–water partition coefficient (Wildman–Crippen LogP) is 1.21. The van der Waals surface area contributed by atoms with E-state index in [1.165, 1.54) is 17.1 Å². The third kappa shape index (κ3) is 4.39. The lowest BCUT2D eigenvalue weighted by Crippen LogP contribution is -2.33. The zero-order valence-corrected chi connectivity index (χ0v) is 10.9. The summed E-state index contributed by atoms with van der Waals surface area (Å²) in [7, 11) is -1.42. The van der Waals surface area contributed by atoms with Crippen molar-refractivity contribution in [2.75, 3.05) is 26.0 Å². The molecule has 1 saturated carbocycles. The number of aliphatic hydroxyl groups excluding tert-OH is 1. The van der Waals surface area contributed by atoms with E-state index in [0.29, 0.717) is 25.3 Å². The van der Waals surface area contributed by atoms with Crippen LogP contribution in [0.1, 0.15) is 38.5 Å². The summed E-state index contributed by atoms with van der Waals surface area (Å²) in [5, 5.41) is 8.62. The summed E-state index contributed by atoms with van der Waals surface area (Å²) in [6, 6.07) is 0. The van der Waals surface area contributed by atoms with E-state index in [-0.39, 0.29) is 12.4 Å².